The fourth-order valence-corrected chi connectivity index (χ4v) is 2.06. The highest BCUT2D eigenvalue weighted by Gasteiger charge is 2.39. The van der Waals surface area contributed by atoms with Crippen LogP contribution in [0.3, 0.4) is 0 Å². The zero-order valence-corrected chi connectivity index (χ0v) is 10.3. The first-order valence-corrected chi connectivity index (χ1v) is 5.91. The van der Waals surface area contributed by atoms with Crippen molar-refractivity contribution in [1.82, 2.24) is 10.6 Å². The summed E-state index contributed by atoms with van der Waals surface area (Å²) in [6, 6.07) is 7.81. The third kappa shape index (κ3) is 3.07. The molecule has 0 aliphatic carbocycles. The first kappa shape index (κ1) is 13.5. The van der Waals surface area contributed by atoms with Crippen molar-refractivity contribution in [3.63, 3.8) is 0 Å². The molecule has 19 heavy (non-hydrogen) atoms. The largest absolute Gasteiger partial charge is 0.347 e. The fraction of sp³-hybridized carbons (Fsp3) is 0.385. The van der Waals surface area contributed by atoms with E-state index in [0.29, 0.717) is 6.92 Å². The van der Waals surface area contributed by atoms with Gasteiger partial charge in [-0.3, -0.25) is 9.59 Å². The molecule has 6 heteroatoms. The second-order valence-electron chi connectivity index (χ2n) is 4.63. The van der Waals surface area contributed by atoms with Crippen molar-refractivity contribution in [2.24, 2.45) is 0 Å². The lowest BCUT2D eigenvalue weighted by atomic mass is 10.0. The monoisotopic (exact) mass is 268 g/mol. The lowest BCUT2D eigenvalue weighted by Gasteiger charge is -2.22. The van der Waals surface area contributed by atoms with Crippen LogP contribution < -0.4 is 10.6 Å². The first-order valence-electron chi connectivity index (χ1n) is 5.91. The molecule has 0 bridgehead atoms. The van der Waals surface area contributed by atoms with Crippen molar-refractivity contribution in [3.05, 3.63) is 35.9 Å². The van der Waals surface area contributed by atoms with Gasteiger partial charge in [-0.15, -0.1) is 0 Å². The molecule has 1 aliphatic heterocycles. The van der Waals surface area contributed by atoms with Crippen LogP contribution in [0, 0.1) is 0 Å². The number of hydrogen-bond donors (Lipinski definition) is 2. The molecule has 0 spiro atoms. The SMILES string of the molecule is CC(F)(F)C(=O)N[C@@H]1CC(=O)NC1c1ccccc1. The Hall–Kier alpha value is -1.98. The Morgan fingerprint density at radius 3 is 2.58 bits per heavy atom. The molecule has 1 heterocycles. The zero-order valence-electron chi connectivity index (χ0n) is 10.3. The highest BCUT2D eigenvalue weighted by molar-refractivity contribution is 5.86. The molecule has 2 amide bonds. The quantitative estimate of drug-likeness (QED) is 0.870. The highest BCUT2D eigenvalue weighted by Crippen LogP contribution is 2.25. The van der Waals surface area contributed by atoms with Gasteiger partial charge in [0.05, 0.1) is 12.1 Å². The number of hydrogen-bond acceptors (Lipinski definition) is 2. The molecule has 1 fully saturated rings. The van der Waals surface area contributed by atoms with Gasteiger partial charge < -0.3 is 10.6 Å². The maximum atomic E-state index is 12.9. The van der Waals surface area contributed by atoms with Crippen molar-refractivity contribution >= 4 is 11.8 Å². The third-order valence-electron chi connectivity index (χ3n) is 3.00. The molecule has 1 saturated heterocycles. The van der Waals surface area contributed by atoms with Crippen molar-refractivity contribution in [3.8, 4) is 0 Å². The molecule has 4 nitrogen and oxygen atoms in total. The summed E-state index contributed by atoms with van der Waals surface area (Å²) in [4.78, 5) is 22.7. The second-order valence-corrected chi connectivity index (χ2v) is 4.63. The number of nitrogens with one attached hydrogen (secondary N) is 2. The standard InChI is InChI=1S/C13H14F2N2O2/c1-13(14,15)12(19)16-9-7-10(18)17-11(9)8-5-3-2-4-6-8/h2-6,9,11H,7H2,1H3,(H,16,19)(H,17,18)/t9-,11?/m1/s1. The number of carbonyl (C=O) groups excluding carboxylic acids is 2. The van der Waals surface area contributed by atoms with E-state index in [9.17, 15) is 18.4 Å². The van der Waals surface area contributed by atoms with Gasteiger partial charge in [-0.2, -0.15) is 8.78 Å². The number of benzene rings is 1. The summed E-state index contributed by atoms with van der Waals surface area (Å²) in [5.74, 6) is -5.08. The van der Waals surface area contributed by atoms with Crippen molar-refractivity contribution in [1.29, 1.82) is 0 Å². The van der Waals surface area contributed by atoms with Gasteiger partial charge in [0.15, 0.2) is 0 Å². The summed E-state index contributed by atoms with van der Waals surface area (Å²) in [7, 11) is 0. The van der Waals surface area contributed by atoms with E-state index in [1.165, 1.54) is 0 Å². The van der Waals surface area contributed by atoms with E-state index in [4.69, 9.17) is 0 Å². The van der Waals surface area contributed by atoms with E-state index in [1.54, 1.807) is 24.3 Å². The van der Waals surface area contributed by atoms with Gasteiger partial charge >= 0.3 is 5.92 Å². The summed E-state index contributed by atoms with van der Waals surface area (Å²) in [6.45, 7) is 0.532. The number of halogens is 2. The summed E-state index contributed by atoms with van der Waals surface area (Å²) in [5, 5.41) is 4.90. The number of amides is 2. The van der Waals surface area contributed by atoms with Gasteiger partial charge in [0.2, 0.25) is 5.91 Å². The number of carbonyl (C=O) groups is 2. The second kappa shape index (κ2) is 4.95. The van der Waals surface area contributed by atoms with Crippen LogP contribution in [0.4, 0.5) is 8.78 Å². The van der Waals surface area contributed by atoms with E-state index in [1.807, 2.05) is 6.07 Å². The molecule has 2 rings (SSSR count). The van der Waals surface area contributed by atoms with Gasteiger partial charge in [0, 0.05) is 13.3 Å². The number of rotatable bonds is 3. The Labute approximate surface area is 109 Å². The lowest BCUT2D eigenvalue weighted by Crippen LogP contribution is -2.45. The Morgan fingerprint density at radius 2 is 2.00 bits per heavy atom. The molecule has 0 saturated carbocycles. The van der Waals surface area contributed by atoms with Crippen LogP contribution in [0.5, 0.6) is 0 Å². The first-order chi connectivity index (χ1) is 8.88. The van der Waals surface area contributed by atoms with Gasteiger partial charge in [0.25, 0.3) is 5.91 Å². The summed E-state index contributed by atoms with van der Waals surface area (Å²) in [5.41, 5.74) is 0.776. The van der Waals surface area contributed by atoms with Crippen molar-refractivity contribution < 1.29 is 18.4 Å². The van der Waals surface area contributed by atoms with Crippen LogP contribution in [0.15, 0.2) is 30.3 Å². The predicted molar refractivity (Wildman–Crippen MR) is 64.5 cm³/mol. The van der Waals surface area contributed by atoms with Crippen molar-refractivity contribution in [2.45, 2.75) is 31.4 Å². The molecule has 2 atom stereocenters. The van der Waals surface area contributed by atoms with E-state index < -0.39 is 23.9 Å². The average molecular weight is 268 g/mol. The molecular weight excluding hydrogens is 254 g/mol. The van der Waals surface area contributed by atoms with Gasteiger partial charge in [-0.05, 0) is 5.56 Å². The van der Waals surface area contributed by atoms with Gasteiger partial charge in [-0.25, -0.2) is 0 Å². The maximum absolute atomic E-state index is 12.9. The van der Waals surface area contributed by atoms with E-state index in [-0.39, 0.29) is 12.3 Å². The highest BCUT2D eigenvalue weighted by atomic mass is 19.3. The topological polar surface area (TPSA) is 58.2 Å². The molecule has 102 valence electrons. The van der Waals surface area contributed by atoms with Crippen LogP contribution in [0.25, 0.3) is 0 Å². The van der Waals surface area contributed by atoms with Crippen LogP contribution >= 0.6 is 0 Å². The minimum atomic E-state index is -3.45. The molecule has 1 aromatic rings. The van der Waals surface area contributed by atoms with E-state index in [2.05, 4.69) is 10.6 Å². The summed E-state index contributed by atoms with van der Waals surface area (Å²) in [6.07, 6.45) is 0.00137. The Balaban J connectivity index is 2.15. The van der Waals surface area contributed by atoms with E-state index >= 15 is 0 Å². The molecule has 1 aliphatic rings. The normalized spacial score (nSPS) is 23.0. The molecule has 0 aromatic heterocycles. The van der Waals surface area contributed by atoms with Gasteiger partial charge in [0.1, 0.15) is 0 Å². The molecule has 2 N–H and O–H groups in total. The fourth-order valence-electron chi connectivity index (χ4n) is 2.06. The molecular formula is C13H14F2N2O2. The Bertz CT molecular complexity index is 485. The average Bonchev–Trinajstić information content (AvgIpc) is 2.70. The third-order valence-corrected chi connectivity index (χ3v) is 3.00. The van der Waals surface area contributed by atoms with Crippen LogP contribution in [-0.4, -0.2) is 23.8 Å². The Morgan fingerprint density at radius 1 is 1.37 bits per heavy atom. The summed E-state index contributed by atoms with van der Waals surface area (Å²) < 4.78 is 25.8. The maximum Gasteiger partial charge on any atom is 0.321 e. The molecule has 1 unspecified atom stereocenters. The lowest BCUT2D eigenvalue weighted by molar-refractivity contribution is -0.143. The van der Waals surface area contributed by atoms with Crippen LogP contribution in [0.1, 0.15) is 24.9 Å². The van der Waals surface area contributed by atoms with Crippen molar-refractivity contribution in [2.75, 3.05) is 0 Å². The van der Waals surface area contributed by atoms with E-state index in [0.717, 1.165) is 5.56 Å². The smallest absolute Gasteiger partial charge is 0.321 e. The summed E-state index contributed by atoms with van der Waals surface area (Å²) >= 11 is 0. The minimum Gasteiger partial charge on any atom is -0.347 e. The van der Waals surface area contributed by atoms with Crippen LogP contribution in [-0.2, 0) is 9.59 Å². The minimum absolute atomic E-state index is 0.00137. The molecule has 0 radical (unpaired) electrons. The van der Waals surface area contributed by atoms with Gasteiger partial charge in [-0.1, -0.05) is 30.3 Å². The molecule has 1 aromatic carbocycles. The predicted octanol–water partition coefficient (Wildman–Crippen LogP) is 1.39. The zero-order chi connectivity index (χ0) is 14.0. The van der Waals surface area contributed by atoms with Crippen LogP contribution in [0.2, 0.25) is 0 Å². The number of alkyl halides is 2. The Kier molecular flexibility index (Phi) is 3.50.